The van der Waals surface area contributed by atoms with E-state index in [1.165, 1.54) is 6.20 Å². The zero-order valence-electron chi connectivity index (χ0n) is 12.2. The Balaban J connectivity index is 2.33. The number of hydrogen-bond acceptors (Lipinski definition) is 5. The van der Waals surface area contributed by atoms with Crippen LogP contribution in [0.3, 0.4) is 0 Å². The minimum atomic E-state index is -1.23. The fourth-order valence-electron chi connectivity index (χ4n) is 2.67. The number of hydrogen-bond donors (Lipinski definition) is 2. The lowest BCUT2D eigenvalue weighted by molar-refractivity contribution is 0.0694. The first kappa shape index (κ1) is 14.4. The predicted octanol–water partition coefficient (Wildman–Crippen LogP) is 0.509. The van der Waals surface area contributed by atoms with Gasteiger partial charge in [0.05, 0.1) is 5.39 Å². The van der Waals surface area contributed by atoms with Crippen LogP contribution in [0.1, 0.15) is 22.3 Å². The first-order valence-corrected chi connectivity index (χ1v) is 7.03. The third-order valence-electron chi connectivity index (χ3n) is 3.78. The fraction of sp³-hybridized carbons (Fsp3) is 0.333. The molecule has 0 aliphatic carbocycles. The number of rotatable bonds is 4. The Morgan fingerprint density at radius 1 is 1.45 bits per heavy atom. The molecule has 0 spiro atoms. The highest BCUT2D eigenvalue weighted by Crippen LogP contribution is 2.29. The van der Waals surface area contributed by atoms with E-state index in [4.69, 9.17) is 10.5 Å². The van der Waals surface area contributed by atoms with Crippen LogP contribution in [0.15, 0.2) is 23.1 Å². The Morgan fingerprint density at radius 3 is 2.91 bits per heavy atom. The van der Waals surface area contributed by atoms with Crippen molar-refractivity contribution in [3.8, 4) is 5.75 Å². The first-order chi connectivity index (χ1) is 10.5. The van der Waals surface area contributed by atoms with E-state index >= 15 is 0 Å². The number of carboxylic acid groups (broad SMARTS) is 1. The van der Waals surface area contributed by atoms with Crippen LogP contribution in [0.25, 0.3) is 10.9 Å². The summed E-state index contributed by atoms with van der Waals surface area (Å²) in [5, 5.41) is 11.3. The van der Waals surface area contributed by atoms with Gasteiger partial charge in [0.2, 0.25) is 5.43 Å². The van der Waals surface area contributed by atoms with E-state index in [0.29, 0.717) is 23.2 Å². The Labute approximate surface area is 126 Å². The van der Waals surface area contributed by atoms with Crippen LogP contribution in [0, 0.1) is 0 Å². The summed E-state index contributed by atoms with van der Waals surface area (Å²) in [6, 6.07) is 3.63. The van der Waals surface area contributed by atoms with Crippen molar-refractivity contribution in [1.82, 2.24) is 4.68 Å². The number of nitrogens with two attached hydrogens (primary N) is 1. The van der Waals surface area contributed by atoms with Crippen molar-refractivity contribution in [2.45, 2.75) is 12.8 Å². The maximum absolute atomic E-state index is 12.5. The number of carbonyl (C=O) groups is 1. The molecule has 0 fully saturated rings. The van der Waals surface area contributed by atoms with Crippen LogP contribution in [-0.4, -0.2) is 36.1 Å². The molecule has 0 unspecified atom stereocenters. The van der Waals surface area contributed by atoms with Crippen LogP contribution in [0.5, 0.6) is 5.75 Å². The van der Waals surface area contributed by atoms with Crippen LogP contribution in [0.2, 0.25) is 0 Å². The summed E-state index contributed by atoms with van der Waals surface area (Å²) in [5.41, 5.74) is 6.30. The number of pyridine rings is 1. The Hall–Kier alpha value is -2.54. The van der Waals surface area contributed by atoms with Gasteiger partial charge in [0.25, 0.3) is 0 Å². The van der Waals surface area contributed by atoms with Crippen LogP contribution >= 0.6 is 0 Å². The van der Waals surface area contributed by atoms with Crippen molar-refractivity contribution in [1.29, 1.82) is 0 Å². The molecule has 3 N–H and O–H groups in total. The average Bonchev–Trinajstić information content (AvgIpc) is 2.50. The summed E-state index contributed by atoms with van der Waals surface area (Å²) in [4.78, 5) is 23.8. The topological polar surface area (TPSA) is 97.8 Å². The van der Waals surface area contributed by atoms with E-state index in [1.54, 1.807) is 22.8 Å². The van der Waals surface area contributed by atoms with Crippen molar-refractivity contribution >= 4 is 16.9 Å². The maximum atomic E-state index is 12.5. The number of aromatic nitrogens is 1. The molecule has 7 heteroatoms. The zero-order chi connectivity index (χ0) is 15.9. The molecular formula is C15H17N3O4. The summed E-state index contributed by atoms with van der Waals surface area (Å²) < 4.78 is 7.33. The van der Waals surface area contributed by atoms with E-state index in [9.17, 15) is 14.7 Å². The van der Waals surface area contributed by atoms with Gasteiger partial charge in [0.15, 0.2) is 6.73 Å². The van der Waals surface area contributed by atoms with E-state index in [-0.39, 0.29) is 12.3 Å². The Bertz CT molecular complexity index is 813. The van der Waals surface area contributed by atoms with Crippen molar-refractivity contribution in [3.63, 3.8) is 0 Å². The molecule has 0 amide bonds. The number of aromatic carboxylic acids is 1. The van der Waals surface area contributed by atoms with Gasteiger partial charge in [0, 0.05) is 13.2 Å². The second kappa shape index (κ2) is 5.34. The summed E-state index contributed by atoms with van der Waals surface area (Å²) in [6.45, 7) is 0.834. The lowest BCUT2D eigenvalue weighted by Crippen LogP contribution is -2.39. The molecule has 1 aliphatic rings. The summed E-state index contributed by atoms with van der Waals surface area (Å²) in [5.74, 6) is -0.638. The van der Waals surface area contributed by atoms with E-state index in [0.717, 1.165) is 18.4 Å². The molecule has 1 aromatic carbocycles. The monoisotopic (exact) mass is 303 g/mol. The number of aryl methyl sites for hydroxylation is 1. The average molecular weight is 303 g/mol. The molecule has 3 rings (SSSR count). The third kappa shape index (κ3) is 2.19. The van der Waals surface area contributed by atoms with E-state index in [1.807, 2.05) is 6.07 Å². The van der Waals surface area contributed by atoms with Crippen molar-refractivity contribution in [2.75, 3.05) is 25.3 Å². The van der Waals surface area contributed by atoms with Gasteiger partial charge in [-0.25, -0.2) is 4.79 Å². The van der Waals surface area contributed by atoms with Crippen LogP contribution < -0.4 is 20.9 Å². The van der Waals surface area contributed by atoms with Crippen molar-refractivity contribution < 1.29 is 14.6 Å². The van der Waals surface area contributed by atoms with Gasteiger partial charge in [0.1, 0.15) is 16.8 Å². The SMILES string of the molecule is CN1COc2cc(CCCN)cc3c(=O)c(C(=O)O)cn1c23. The number of benzene rings is 1. The van der Waals surface area contributed by atoms with Crippen molar-refractivity contribution in [2.24, 2.45) is 5.73 Å². The molecule has 1 aromatic heterocycles. The van der Waals surface area contributed by atoms with Crippen LogP contribution in [0.4, 0.5) is 0 Å². The number of nitrogens with zero attached hydrogens (tertiary/aromatic N) is 2. The van der Waals surface area contributed by atoms with Gasteiger partial charge in [-0.2, -0.15) is 0 Å². The predicted molar refractivity (Wildman–Crippen MR) is 82.2 cm³/mol. The molecule has 116 valence electrons. The van der Waals surface area contributed by atoms with E-state index in [2.05, 4.69) is 0 Å². The standard InChI is InChI=1S/C15H17N3O4/c1-17-8-22-12-6-9(3-2-4-16)5-10-13(12)18(17)7-11(14(10)19)15(20)21/h5-7H,2-4,8,16H2,1H3,(H,20,21). The quantitative estimate of drug-likeness (QED) is 0.854. The van der Waals surface area contributed by atoms with Gasteiger partial charge >= 0.3 is 5.97 Å². The largest absolute Gasteiger partial charge is 0.477 e. The molecule has 0 radical (unpaired) electrons. The second-order valence-corrected chi connectivity index (χ2v) is 5.34. The highest BCUT2D eigenvalue weighted by atomic mass is 16.5. The lowest BCUT2D eigenvalue weighted by Gasteiger charge is -2.30. The van der Waals surface area contributed by atoms with Gasteiger partial charge in [-0.15, -0.1) is 0 Å². The smallest absolute Gasteiger partial charge is 0.341 e. The summed E-state index contributed by atoms with van der Waals surface area (Å²) >= 11 is 0. The number of ether oxygens (including phenoxy) is 1. The second-order valence-electron chi connectivity index (χ2n) is 5.34. The highest BCUT2D eigenvalue weighted by molar-refractivity contribution is 5.95. The third-order valence-corrected chi connectivity index (χ3v) is 3.78. The first-order valence-electron chi connectivity index (χ1n) is 7.03. The van der Waals surface area contributed by atoms with Gasteiger partial charge < -0.3 is 15.6 Å². The number of carboxylic acids is 1. The normalized spacial score (nSPS) is 13.3. The Morgan fingerprint density at radius 2 is 2.23 bits per heavy atom. The zero-order valence-corrected chi connectivity index (χ0v) is 12.2. The highest BCUT2D eigenvalue weighted by Gasteiger charge is 2.23. The molecule has 0 atom stereocenters. The molecular weight excluding hydrogens is 286 g/mol. The van der Waals surface area contributed by atoms with Gasteiger partial charge in [-0.1, -0.05) is 0 Å². The maximum Gasteiger partial charge on any atom is 0.341 e. The molecule has 22 heavy (non-hydrogen) atoms. The minimum Gasteiger partial charge on any atom is -0.477 e. The lowest BCUT2D eigenvalue weighted by atomic mass is 10.0. The Kier molecular flexibility index (Phi) is 3.50. The molecule has 7 nitrogen and oxygen atoms in total. The molecule has 1 aliphatic heterocycles. The van der Waals surface area contributed by atoms with Crippen LogP contribution in [-0.2, 0) is 6.42 Å². The fourth-order valence-corrected chi connectivity index (χ4v) is 2.67. The summed E-state index contributed by atoms with van der Waals surface area (Å²) in [6.07, 6.45) is 2.85. The van der Waals surface area contributed by atoms with Crippen molar-refractivity contribution in [3.05, 3.63) is 39.7 Å². The van der Waals surface area contributed by atoms with Gasteiger partial charge in [-0.05, 0) is 37.1 Å². The summed E-state index contributed by atoms with van der Waals surface area (Å²) in [7, 11) is 1.76. The molecule has 2 aromatic rings. The molecule has 2 heterocycles. The molecule has 0 saturated carbocycles. The van der Waals surface area contributed by atoms with Gasteiger partial charge in [-0.3, -0.25) is 14.5 Å². The van der Waals surface area contributed by atoms with E-state index < -0.39 is 11.4 Å². The molecule has 0 bridgehead atoms. The molecule has 0 saturated heterocycles. The minimum absolute atomic E-state index is 0.247.